The molecule has 3 aromatic carbocycles. The van der Waals surface area contributed by atoms with Crippen molar-refractivity contribution in [1.29, 1.82) is 5.41 Å². The van der Waals surface area contributed by atoms with E-state index in [0.29, 0.717) is 11.3 Å². The first-order valence-corrected chi connectivity index (χ1v) is 13.4. The number of nitrogens with zero attached hydrogens (tertiary/aromatic N) is 1. The molecule has 1 fully saturated rings. The molecular weight excluding hydrogens is 490 g/mol. The fraction of sp³-hybridized carbons (Fsp3) is 0.323. The van der Waals surface area contributed by atoms with Gasteiger partial charge in [0.15, 0.2) is 0 Å². The van der Waals surface area contributed by atoms with E-state index in [1.54, 1.807) is 6.07 Å². The second kappa shape index (κ2) is 10.4. The minimum atomic E-state index is -0.538. The quantitative estimate of drug-likeness (QED) is 0.199. The standard InChI is InChI=1S/C31H35N5O3/c1-31(2,3)39-30(38)35-24-13-11-23(12-14-24)34-29(37)27-17-21-8-9-22(28(32)33)18-26(21)36(27)25-15-10-19-6-4-5-7-20(19)16-25/h4-10,15-18,23-24H,11-14H2,1-3H3,(H3,32,33)(H,34,37)(H,35,38)/t23-,24-. The van der Waals surface area contributed by atoms with Crippen molar-refractivity contribution in [3.63, 3.8) is 0 Å². The number of amides is 2. The Morgan fingerprint density at radius 3 is 2.18 bits per heavy atom. The van der Waals surface area contributed by atoms with Gasteiger partial charge in [-0.3, -0.25) is 10.2 Å². The van der Waals surface area contributed by atoms with Crippen LogP contribution in [0.15, 0.2) is 66.7 Å². The summed E-state index contributed by atoms with van der Waals surface area (Å²) in [6.07, 6.45) is 2.65. The van der Waals surface area contributed by atoms with Gasteiger partial charge in [0.25, 0.3) is 5.91 Å². The third kappa shape index (κ3) is 5.90. The number of rotatable bonds is 5. The van der Waals surface area contributed by atoms with Crippen LogP contribution in [0.5, 0.6) is 0 Å². The van der Waals surface area contributed by atoms with Crippen molar-refractivity contribution in [2.24, 2.45) is 5.73 Å². The Morgan fingerprint density at radius 1 is 0.872 bits per heavy atom. The van der Waals surface area contributed by atoms with E-state index in [0.717, 1.165) is 53.0 Å². The van der Waals surface area contributed by atoms with E-state index in [1.807, 2.05) is 67.8 Å². The van der Waals surface area contributed by atoms with Gasteiger partial charge in [0.05, 0.1) is 5.52 Å². The molecule has 0 radical (unpaired) electrons. The predicted molar refractivity (Wildman–Crippen MR) is 155 cm³/mol. The van der Waals surface area contributed by atoms with E-state index >= 15 is 0 Å². The number of fused-ring (bicyclic) bond motifs is 2. The zero-order valence-electron chi connectivity index (χ0n) is 22.6. The molecule has 1 aliphatic rings. The maximum absolute atomic E-state index is 13.7. The van der Waals surface area contributed by atoms with E-state index in [2.05, 4.69) is 28.8 Å². The molecule has 0 aliphatic heterocycles. The fourth-order valence-corrected chi connectivity index (χ4v) is 5.25. The number of alkyl carbamates (subject to hydrolysis) is 1. The van der Waals surface area contributed by atoms with Crippen molar-refractivity contribution in [1.82, 2.24) is 15.2 Å². The van der Waals surface area contributed by atoms with Crippen LogP contribution in [0.3, 0.4) is 0 Å². The molecule has 0 saturated heterocycles. The first kappa shape index (κ1) is 26.3. The summed E-state index contributed by atoms with van der Waals surface area (Å²) >= 11 is 0. The Kier molecular flexibility index (Phi) is 7.04. The Hall–Kier alpha value is -4.33. The Labute approximate surface area is 228 Å². The molecule has 2 amide bonds. The molecule has 0 atom stereocenters. The number of benzene rings is 3. The molecule has 39 heavy (non-hydrogen) atoms. The van der Waals surface area contributed by atoms with Gasteiger partial charge >= 0.3 is 6.09 Å². The minimum Gasteiger partial charge on any atom is -0.444 e. The lowest BCUT2D eigenvalue weighted by Gasteiger charge is -2.30. The number of nitrogen functional groups attached to an aromatic ring is 1. The number of carbonyl (C=O) groups excluding carboxylic acids is 2. The maximum Gasteiger partial charge on any atom is 0.407 e. The molecular formula is C31H35N5O3. The summed E-state index contributed by atoms with van der Waals surface area (Å²) in [5.41, 5.74) is 8.05. The lowest BCUT2D eigenvalue weighted by molar-refractivity contribution is 0.0488. The van der Waals surface area contributed by atoms with Crippen LogP contribution < -0.4 is 16.4 Å². The highest BCUT2D eigenvalue weighted by Gasteiger charge is 2.27. The van der Waals surface area contributed by atoms with Crippen LogP contribution in [0.2, 0.25) is 0 Å². The number of nitrogens with one attached hydrogen (secondary N) is 3. The van der Waals surface area contributed by atoms with E-state index in [9.17, 15) is 9.59 Å². The molecule has 1 saturated carbocycles. The summed E-state index contributed by atoms with van der Waals surface area (Å²) in [6, 6.07) is 21.7. The topological polar surface area (TPSA) is 122 Å². The average Bonchev–Trinajstić information content (AvgIpc) is 3.27. The van der Waals surface area contributed by atoms with Crippen molar-refractivity contribution < 1.29 is 14.3 Å². The minimum absolute atomic E-state index is 0.00466. The first-order valence-electron chi connectivity index (χ1n) is 13.4. The van der Waals surface area contributed by atoms with Gasteiger partial charge in [0.2, 0.25) is 0 Å². The normalized spacial score (nSPS) is 17.6. The molecule has 5 N–H and O–H groups in total. The third-order valence-electron chi connectivity index (χ3n) is 7.12. The van der Waals surface area contributed by atoms with Gasteiger partial charge < -0.3 is 25.7 Å². The van der Waals surface area contributed by atoms with Crippen molar-refractivity contribution in [3.05, 3.63) is 78.0 Å². The first-order chi connectivity index (χ1) is 18.6. The number of amidine groups is 1. The number of aromatic nitrogens is 1. The van der Waals surface area contributed by atoms with Gasteiger partial charge in [-0.05, 0) is 81.5 Å². The Balaban J connectivity index is 1.39. The molecule has 1 aliphatic carbocycles. The molecule has 0 unspecified atom stereocenters. The molecule has 8 nitrogen and oxygen atoms in total. The second-order valence-electron chi connectivity index (χ2n) is 11.3. The predicted octanol–water partition coefficient (Wildman–Crippen LogP) is 5.63. The summed E-state index contributed by atoms with van der Waals surface area (Å²) in [6.45, 7) is 5.53. The molecule has 8 heteroatoms. The highest BCUT2D eigenvalue weighted by atomic mass is 16.6. The van der Waals surface area contributed by atoms with Crippen molar-refractivity contribution in [2.75, 3.05) is 0 Å². The number of hydrogen-bond donors (Lipinski definition) is 4. The van der Waals surface area contributed by atoms with Crippen LogP contribution in [0.4, 0.5) is 4.79 Å². The highest BCUT2D eigenvalue weighted by molar-refractivity contribution is 6.03. The monoisotopic (exact) mass is 525 g/mol. The summed E-state index contributed by atoms with van der Waals surface area (Å²) < 4.78 is 7.32. The number of carbonyl (C=O) groups is 2. The average molecular weight is 526 g/mol. The van der Waals surface area contributed by atoms with Crippen LogP contribution in [0, 0.1) is 5.41 Å². The lowest BCUT2D eigenvalue weighted by atomic mass is 9.91. The summed E-state index contributed by atoms with van der Waals surface area (Å²) in [5.74, 6) is -0.182. The summed E-state index contributed by atoms with van der Waals surface area (Å²) in [4.78, 5) is 25.8. The van der Waals surface area contributed by atoms with E-state index in [-0.39, 0.29) is 23.8 Å². The molecule has 0 spiro atoms. The Morgan fingerprint density at radius 2 is 1.51 bits per heavy atom. The van der Waals surface area contributed by atoms with Gasteiger partial charge in [-0.2, -0.15) is 0 Å². The van der Waals surface area contributed by atoms with Crippen LogP contribution in [0.25, 0.3) is 27.4 Å². The second-order valence-corrected chi connectivity index (χ2v) is 11.3. The fourth-order valence-electron chi connectivity index (χ4n) is 5.25. The largest absolute Gasteiger partial charge is 0.444 e. The summed E-state index contributed by atoms with van der Waals surface area (Å²) in [5, 5.41) is 17.2. The van der Waals surface area contributed by atoms with Gasteiger partial charge in [-0.25, -0.2) is 4.79 Å². The van der Waals surface area contributed by atoms with Crippen molar-refractivity contribution in [2.45, 2.75) is 64.1 Å². The van der Waals surface area contributed by atoms with Crippen LogP contribution in [-0.4, -0.2) is 40.1 Å². The van der Waals surface area contributed by atoms with E-state index in [4.69, 9.17) is 15.9 Å². The van der Waals surface area contributed by atoms with Crippen molar-refractivity contribution in [3.8, 4) is 5.69 Å². The maximum atomic E-state index is 13.7. The number of hydrogen-bond acceptors (Lipinski definition) is 4. The van der Waals surface area contributed by atoms with Gasteiger partial charge in [0, 0.05) is 28.7 Å². The third-order valence-corrected chi connectivity index (χ3v) is 7.12. The molecule has 202 valence electrons. The van der Waals surface area contributed by atoms with Crippen LogP contribution in [-0.2, 0) is 4.74 Å². The zero-order valence-corrected chi connectivity index (χ0v) is 22.6. The van der Waals surface area contributed by atoms with Crippen molar-refractivity contribution >= 4 is 39.5 Å². The van der Waals surface area contributed by atoms with Crippen LogP contribution in [0.1, 0.15) is 62.5 Å². The SMILES string of the molecule is CC(C)(C)OC(=O)N[C@H]1CC[C@H](NC(=O)c2cc3ccc(C(=N)N)cc3n2-c2ccc3ccccc3c2)CC1. The lowest BCUT2D eigenvalue weighted by Crippen LogP contribution is -2.45. The van der Waals surface area contributed by atoms with Gasteiger partial charge in [-0.15, -0.1) is 0 Å². The van der Waals surface area contributed by atoms with Gasteiger partial charge in [0.1, 0.15) is 17.1 Å². The molecule has 1 heterocycles. The smallest absolute Gasteiger partial charge is 0.407 e. The van der Waals surface area contributed by atoms with E-state index in [1.165, 1.54) is 0 Å². The number of nitrogens with two attached hydrogens (primary N) is 1. The molecule has 5 rings (SSSR count). The molecule has 0 bridgehead atoms. The zero-order chi connectivity index (χ0) is 27.7. The summed E-state index contributed by atoms with van der Waals surface area (Å²) in [7, 11) is 0. The molecule has 1 aromatic heterocycles. The van der Waals surface area contributed by atoms with E-state index < -0.39 is 11.7 Å². The van der Waals surface area contributed by atoms with Gasteiger partial charge in [-0.1, -0.05) is 42.5 Å². The Bertz CT molecular complexity index is 1560. The number of ether oxygens (including phenoxy) is 1. The molecule has 4 aromatic rings. The van der Waals surface area contributed by atoms with Crippen LogP contribution >= 0.6 is 0 Å². The highest BCUT2D eigenvalue weighted by Crippen LogP contribution is 2.29.